The van der Waals surface area contributed by atoms with Crippen molar-refractivity contribution in [2.24, 2.45) is 4.99 Å². The van der Waals surface area contributed by atoms with Crippen molar-refractivity contribution < 1.29 is 0 Å². The molecule has 0 aromatic carbocycles. The monoisotopic (exact) mass is 237 g/mol. The molecule has 1 rings (SSSR count). The fraction of sp³-hybridized carbons (Fsp3) is 0.333. The van der Waals surface area contributed by atoms with Gasteiger partial charge in [-0.2, -0.15) is 5.10 Å². The summed E-state index contributed by atoms with van der Waals surface area (Å²) < 4.78 is 1.89. The van der Waals surface area contributed by atoms with Crippen molar-refractivity contribution in [3.63, 3.8) is 0 Å². The molecule has 86 valence electrons. The van der Waals surface area contributed by atoms with E-state index in [0.29, 0.717) is 5.16 Å². The van der Waals surface area contributed by atoms with Gasteiger partial charge in [0.2, 0.25) is 0 Å². The van der Waals surface area contributed by atoms with Gasteiger partial charge in [-0.15, -0.1) is 0 Å². The number of hydrogen-bond acceptors (Lipinski definition) is 2. The molecule has 0 aliphatic heterocycles. The number of aliphatic imine (C=N–C) groups is 1. The lowest BCUT2D eigenvalue weighted by atomic mass is 10.1. The second-order valence-electron chi connectivity index (χ2n) is 3.54. The number of aromatic nitrogens is 2. The number of nitrogens with zero attached hydrogens (tertiary/aromatic N) is 3. The van der Waals surface area contributed by atoms with Gasteiger partial charge in [0.1, 0.15) is 5.16 Å². The van der Waals surface area contributed by atoms with E-state index in [0.717, 1.165) is 23.4 Å². The number of aryl methyl sites for hydroxylation is 1. The van der Waals surface area contributed by atoms with Crippen LogP contribution in [0.15, 0.2) is 35.2 Å². The van der Waals surface area contributed by atoms with E-state index in [1.165, 1.54) is 0 Å². The van der Waals surface area contributed by atoms with Crippen LogP contribution in [0.4, 0.5) is 0 Å². The third-order valence-corrected chi connectivity index (χ3v) is 2.22. The topological polar surface area (TPSA) is 30.2 Å². The van der Waals surface area contributed by atoms with Crippen LogP contribution in [0.3, 0.4) is 0 Å². The SMILES string of the molecule is C=C(Cl)/N=C(C)/C=C(\C)c1cnn(CC)c1. The van der Waals surface area contributed by atoms with Gasteiger partial charge in [-0.1, -0.05) is 18.2 Å². The van der Waals surface area contributed by atoms with Crippen molar-refractivity contribution in [1.82, 2.24) is 9.78 Å². The average Bonchev–Trinajstić information content (AvgIpc) is 2.64. The average molecular weight is 238 g/mol. The molecule has 0 unspecified atom stereocenters. The van der Waals surface area contributed by atoms with E-state index in [1.807, 2.05) is 37.0 Å². The first-order chi connectivity index (χ1) is 7.52. The van der Waals surface area contributed by atoms with Crippen molar-refractivity contribution >= 4 is 22.9 Å². The van der Waals surface area contributed by atoms with Gasteiger partial charge in [0, 0.05) is 24.0 Å². The van der Waals surface area contributed by atoms with E-state index in [4.69, 9.17) is 11.6 Å². The summed E-state index contributed by atoms with van der Waals surface area (Å²) in [7, 11) is 0. The maximum Gasteiger partial charge on any atom is 0.122 e. The van der Waals surface area contributed by atoms with Crippen LogP contribution in [0.1, 0.15) is 26.3 Å². The molecule has 0 radical (unpaired) electrons. The number of allylic oxidation sites excluding steroid dienone is 2. The maximum absolute atomic E-state index is 5.60. The van der Waals surface area contributed by atoms with Crippen molar-refractivity contribution in [1.29, 1.82) is 0 Å². The molecule has 4 heteroatoms. The Balaban J connectivity index is 2.88. The summed E-state index contributed by atoms with van der Waals surface area (Å²) in [5.74, 6) is 0. The quantitative estimate of drug-likeness (QED) is 0.583. The molecule has 16 heavy (non-hydrogen) atoms. The molecule has 0 atom stereocenters. The zero-order valence-corrected chi connectivity index (χ0v) is 10.6. The normalized spacial score (nSPS) is 13.0. The van der Waals surface area contributed by atoms with Crippen LogP contribution >= 0.6 is 11.6 Å². The molecule has 0 saturated carbocycles. The van der Waals surface area contributed by atoms with E-state index in [2.05, 4.69) is 23.6 Å². The summed E-state index contributed by atoms with van der Waals surface area (Å²) in [6.45, 7) is 10.4. The number of halogens is 1. The Hall–Kier alpha value is -1.35. The van der Waals surface area contributed by atoms with Crippen LogP contribution in [0.25, 0.3) is 5.57 Å². The van der Waals surface area contributed by atoms with Crippen LogP contribution in [-0.4, -0.2) is 15.5 Å². The minimum Gasteiger partial charge on any atom is -0.272 e. The van der Waals surface area contributed by atoms with Crippen molar-refractivity contribution in [3.8, 4) is 0 Å². The molecule has 0 bridgehead atoms. The van der Waals surface area contributed by atoms with Gasteiger partial charge < -0.3 is 0 Å². The highest BCUT2D eigenvalue weighted by molar-refractivity contribution is 6.29. The Labute approximate surface area is 101 Å². The Morgan fingerprint density at radius 3 is 2.81 bits per heavy atom. The summed E-state index contributed by atoms with van der Waals surface area (Å²) in [4.78, 5) is 4.05. The van der Waals surface area contributed by atoms with Gasteiger partial charge in [0.15, 0.2) is 0 Å². The molecular formula is C12H16ClN3. The van der Waals surface area contributed by atoms with Gasteiger partial charge in [0.05, 0.1) is 6.20 Å². The summed E-state index contributed by atoms with van der Waals surface area (Å²) in [5, 5.41) is 4.51. The molecule has 1 aromatic rings. The van der Waals surface area contributed by atoms with Crippen LogP contribution in [0.5, 0.6) is 0 Å². The largest absolute Gasteiger partial charge is 0.272 e. The predicted octanol–water partition coefficient (Wildman–Crippen LogP) is 3.48. The van der Waals surface area contributed by atoms with E-state index in [-0.39, 0.29) is 0 Å². The number of hydrogen-bond donors (Lipinski definition) is 0. The van der Waals surface area contributed by atoms with Crippen LogP contribution in [-0.2, 0) is 6.54 Å². The minimum atomic E-state index is 0.297. The molecule has 1 heterocycles. The predicted molar refractivity (Wildman–Crippen MR) is 69.7 cm³/mol. The van der Waals surface area contributed by atoms with E-state index in [9.17, 15) is 0 Å². The smallest absolute Gasteiger partial charge is 0.122 e. The van der Waals surface area contributed by atoms with Crippen molar-refractivity contribution in [2.45, 2.75) is 27.3 Å². The van der Waals surface area contributed by atoms with Crippen LogP contribution < -0.4 is 0 Å². The van der Waals surface area contributed by atoms with Gasteiger partial charge in [-0.25, -0.2) is 4.99 Å². The molecule has 0 amide bonds. The molecule has 0 aliphatic carbocycles. The maximum atomic E-state index is 5.60. The highest BCUT2D eigenvalue weighted by atomic mass is 35.5. The fourth-order valence-electron chi connectivity index (χ4n) is 1.36. The highest BCUT2D eigenvalue weighted by Crippen LogP contribution is 2.13. The molecule has 0 fully saturated rings. The lowest BCUT2D eigenvalue weighted by Gasteiger charge is -1.97. The summed E-state index contributed by atoms with van der Waals surface area (Å²) in [5.41, 5.74) is 3.04. The van der Waals surface area contributed by atoms with Gasteiger partial charge in [-0.3, -0.25) is 4.68 Å². The second kappa shape index (κ2) is 5.66. The fourth-order valence-corrected chi connectivity index (χ4v) is 1.49. The minimum absolute atomic E-state index is 0.297. The lowest BCUT2D eigenvalue weighted by molar-refractivity contribution is 0.659. The molecule has 3 nitrogen and oxygen atoms in total. The molecule has 0 spiro atoms. The molecule has 1 aromatic heterocycles. The third-order valence-electron chi connectivity index (χ3n) is 2.14. The molecule has 0 N–H and O–H groups in total. The van der Waals surface area contributed by atoms with Crippen molar-refractivity contribution in [2.75, 3.05) is 0 Å². The van der Waals surface area contributed by atoms with Gasteiger partial charge in [0.25, 0.3) is 0 Å². The first-order valence-corrected chi connectivity index (χ1v) is 5.51. The zero-order chi connectivity index (χ0) is 12.1. The molecule has 0 aliphatic rings. The second-order valence-corrected chi connectivity index (χ2v) is 3.98. The summed E-state index contributed by atoms with van der Waals surface area (Å²) >= 11 is 5.60. The van der Waals surface area contributed by atoms with Gasteiger partial charge in [-0.05, 0) is 32.4 Å². The molecule has 0 saturated heterocycles. The Morgan fingerprint density at radius 2 is 2.31 bits per heavy atom. The summed E-state index contributed by atoms with van der Waals surface area (Å²) in [6, 6.07) is 0. The Morgan fingerprint density at radius 1 is 1.62 bits per heavy atom. The first-order valence-electron chi connectivity index (χ1n) is 5.13. The zero-order valence-electron chi connectivity index (χ0n) is 9.87. The summed E-state index contributed by atoms with van der Waals surface area (Å²) in [6.07, 6.45) is 5.82. The van der Waals surface area contributed by atoms with E-state index in [1.54, 1.807) is 0 Å². The molecular weight excluding hydrogens is 222 g/mol. The third kappa shape index (κ3) is 3.66. The standard InChI is InChI=1S/C12H16ClN3/c1-5-16-8-12(7-14-16)9(2)6-10(3)15-11(4)13/h6-8H,4-5H2,1-3H3/b9-6+,15-10+. The Kier molecular flexibility index (Phi) is 4.50. The first kappa shape index (κ1) is 12.7. The van der Waals surface area contributed by atoms with Crippen LogP contribution in [0.2, 0.25) is 0 Å². The van der Waals surface area contributed by atoms with Gasteiger partial charge >= 0.3 is 0 Å². The lowest BCUT2D eigenvalue weighted by Crippen LogP contribution is -1.92. The van der Waals surface area contributed by atoms with Crippen molar-refractivity contribution in [3.05, 3.63) is 35.8 Å². The van der Waals surface area contributed by atoms with E-state index >= 15 is 0 Å². The Bertz CT molecular complexity index is 441. The number of rotatable bonds is 4. The van der Waals surface area contributed by atoms with E-state index < -0.39 is 0 Å². The highest BCUT2D eigenvalue weighted by Gasteiger charge is 1.99. The van der Waals surface area contributed by atoms with Crippen LogP contribution in [0, 0.1) is 0 Å².